The molecule has 0 aromatic heterocycles. The minimum Gasteiger partial charge on any atom is -0.399 e. The van der Waals surface area contributed by atoms with Crippen LogP contribution < -0.4 is 11.5 Å². The molecular formula is C25H24N2. The Morgan fingerprint density at radius 3 is 1.07 bits per heavy atom. The van der Waals surface area contributed by atoms with Gasteiger partial charge in [0.1, 0.15) is 0 Å². The third-order valence-corrected chi connectivity index (χ3v) is 4.30. The lowest BCUT2D eigenvalue weighted by Gasteiger charge is -1.98. The van der Waals surface area contributed by atoms with Crippen LogP contribution in [-0.4, -0.2) is 0 Å². The molecule has 2 heteroatoms. The Kier molecular flexibility index (Phi) is 6.26. The van der Waals surface area contributed by atoms with Crippen molar-refractivity contribution in [3.8, 4) is 11.1 Å². The van der Waals surface area contributed by atoms with E-state index in [0.29, 0.717) is 0 Å². The summed E-state index contributed by atoms with van der Waals surface area (Å²) in [6.07, 6.45) is 1.10. The molecule has 134 valence electrons. The van der Waals surface area contributed by atoms with Crippen LogP contribution in [0.5, 0.6) is 0 Å². The number of para-hydroxylation sites is 2. The molecular weight excluding hydrogens is 328 g/mol. The van der Waals surface area contributed by atoms with Crippen LogP contribution >= 0.6 is 0 Å². The normalized spacial score (nSPS) is 10.4. The van der Waals surface area contributed by atoms with E-state index >= 15 is 0 Å². The van der Waals surface area contributed by atoms with E-state index in [1.165, 1.54) is 22.3 Å². The lowest BCUT2D eigenvalue weighted by atomic mass is 10.1. The topological polar surface area (TPSA) is 52.0 Å². The van der Waals surface area contributed by atoms with Crippen LogP contribution in [0, 0.1) is 0 Å². The minimum atomic E-state index is 0.822. The van der Waals surface area contributed by atoms with Gasteiger partial charge in [0.15, 0.2) is 0 Å². The van der Waals surface area contributed by atoms with E-state index in [-0.39, 0.29) is 0 Å². The van der Waals surface area contributed by atoms with E-state index in [2.05, 4.69) is 48.5 Å². The molecule has 0 amide bonds. The molecule has 0 heterocycles. The van der Waals surface area contributed by atoms with Gasteiger partial charge >= 0.3 is 0 Å². The molecule has 27 heavy (non-hydrogen) atoms. The zero-order chi connectivity index (χ0) is 18.9. The van der Waals surface area contributed by atoms with Gasteiger partial charge in [0.05, 0.1) is 0 Å². The summed E-state index contributed by atoms with van der Waals surface area (Å²) in [5.74, 6) is 0. The van der Waals surface area contributed by atoms with E-state index in [1.54, 1.807) is 0 Å². The largest absolute Gasteiger partial charge is 0.399 e. The van der Waals surface area contributed by atoms with Gasteiger partial charge in [-0.3, -0.25) is 0 Å². The van der Waals surface area contributed by atoms with Gasteiger partial charge < -0.3 is 11.5 Å². The SMILES string of the molecule is Nc1ccccc1.Nc1ccccc1.c1ccc2c(c1)Cc1ccccc1-2. The second-order valence-electron chi connectivity index (χ2n) is 6.31. The van der Waals surface area contributed by atoms with Crippen molar-refractivity contribution in [3.63, 3.8) is 0 Å². The quantitative estimate of drug-likeness (QED) is 0.346. The average Bonchev–Trinajstić information content (AvgIpc) is 3.09. The van der Waals surface area contributed by atoms with Crippen LogP contribution in [-0.2, 0) is 6.42 Å². The molecule has 1 aliphatic rings. The molecule has 1 aliphatic carbocycles. The van der Waals surface area contributed by atoms with Crippen LogP contribution in [0.25, 0.3) is 11.1 Å². The highest BCUT2D eigenvalue weighted by Crippen LogP contribution is 2.35. The number of hydrogen-bond acceptors (Lipinski definition) is 2. The fraction of sp³-hybridized carbons (Fsp3) is 0.0400. The van der Waals surface area contributed by atoms with Crippen molar-refractivity contribution in [1.82, 2.24) is 0 Å². The zero-order valence-corrected chi connectivity index (χ0v) is 15.3. The number of benzene rings is 4. The van der Waals surface area contributed by atoms with E-state index in [4.69, 9.17) is 11.5 Å². The summed E-state index contributed by atoms with van der Waals surface area (Å²) in [4.78, 5) is 0. The average molecular weight is 352 g/mol. The van der Waals surface area contributed by atoms with Gasteiger partial charge in [-0.15, -0.1) is 0 Å². The van der Waals surface area contributed by atoms with Crippen LogP contribution in [0.3, 0.4) is 0 Å². The van der Waals surface area contributed by atoms with E-state index in [9.17, 15) is 0 Å². The van der Waals surface area contributed by atoms with Gasteiger partial charge in [-0.1, -0.05) is 84.9 Å². The van der Waals surface area contributed by atoms with Crippen LogP contribution in [0.4, 0.5) is 11.4 Å². The Balaban J connectivity index is 0.000000128. The maximum absolute atomic E-state index is 5.36. The lowest BCUT2D eigenvalue weighted by Crippen LogP contribution is -1.79. The molecule has 2 nitrogen and oxygen atoms in total. The third kappa shape index (κ3) is 5.23. The van der Waals surface area contributed by atoms with Crippen molar-refractivity contribution >= 4 is 11.4 Å². The fourth-order valence-corrected chi connectivity index (χ4v) is 2.99. The Hall–Kier alpha value is -3.52. The van der Waals surface area contributed by atoms with Crippen molar-refractivity contribution in [2.75, 3.05) is 11.5 Å². The number of nitrogen functional groups attached to an aromatic ring is 2. The molecule has 0 bridgehead atoms. The first-order valence-corrected chi connectivity index (χ1v) is 9.01. The molecule has 4 N–H and O–H groups in total. The molecule has 0 saturated heterocycles. The summed E-state index contributed by atoms with van der Waals surface area (Å²) in [6.45, 7) is 0. The summed E-state index contributed by atoms with van der Waals surface area (Å²) in [5.41, 5.74) is 18.1. The van der Waals surface area contributed by atoms with Crippen LogP contribution in [0.1, 0.15) is 11.1 Å². The predicted molar refractivity (Wildman–Crippen MR) is 116 cm³/mol. The van der Waals surface area contributed by atoms with E-state index in [1.807, 2.05) is 60.7 Å². The van der Waals surface area contributed by atoms with E-state index < -0.39 is 0 Å². The van der Waals surface area contributed by atoms with Crippen LogP contribution in [0.2, 0.25) is 0 Å². The number of nitrogens with two attached hydrogens (primary N) is 2. The second-order valence-corrected chi connectivity index (χ2v) is 6.31. The van der Waals surface area contributed by atoms with Gasteiger partial charge in [0.25, 0.3) is 0 Å². The van der Waals surface area contributed by atoms with Gasteiger partial charge in [-0.05, 0) is 52.9 Å². The van der Waals surface area contributed by atoms with Crippen molar-refractivity contribution in [3.05, 3.63) is 120 Å². The number of fused-ring (bicyclic) bond motifs is 3. The summed E-state index contributed by atoms with van der Waals surface area (Å²) < 4.78 is 0. The molecule has 4 aromatic rings. The fourth-order valence-electron chi connectivity index (χ4n) is 2.99. The first kappa shape index (κ1) is 18.3. The van der Waals surface area contributed by atoms with Crippen molar-refractivity contribution < 1.29 is 0 Å². The molecule has 0 atom stereocenters. The van der Waals surface area contributed by atoms with Gasteiger partial charge in [0.2, 0.25) is 0 Å². The van der Waals surface area contributed by atoms with Crippen molar-refractivity contribution in [1.29, 1.82) is 0 Å². The Morgan fingerprint density at radius 2 is 0.741 bits per heavy atom. The highest BCUT2D eigenvalue weighted by Gasteiger charge is 2.15. The summed E-state index contributed by atoms with van der Waals surface area (Å²) in [7, 11) is 0. The first-order chi connectivity index (χ1) is 13.2. The minimum absolute atomic E-state index is 0.822. The molecule has 4 aromatic carbocycles. The van der Waals surface area contributed by atoms with Crippen LogP contribution in [0.15, 0.2) is 109 Å². The Morgan fingerprint density at radius 1 is 0.407 bits per heavy atom. The molecule has 0 spiro atoms. The number of rotatable bonds is 0. The van der Waals surface area contributed by atoms with Crippen molar-refractivity contribution in [2.24, 2.45) is 0 Å². The molecule has 0 unspecified atom stereocenters. The molecule has 5 rings (SSSR count). The molecule has 0 aliphatic heterocycles. The molecule has 0 fully saturated rings. The summed E-state index contributed by atoms with van der Waals surface area (Å²) in [5, 5.41) is 0. The number of anilines is 2. The number of hydrogen-bond donors (Lipinski definition) is 2. The monoisotopic (exact) mass is 352 g/mol. The predicted octanol–water partition coefficient (Wildman–Crippen LogP) is 5.80. The molecule has 0 saturated carbocycles. The Bertz CT molecular complexity index is 882. The van der Waals surface area contributed by atoms with Gasteiger partial charge in [-0.2, -0.15) is 0 Å². The highest BCUT2D eigenvalue weighted by atomic mass is 14.5. The standard InChI is InChI=1S/C13H10.2C6H7N/c1-3-7-12-10(5-1)9-11-6-2-4-8-13(11)12;2*7-6-4-2-1-3-5-6/h1-8H,9H2;2*1-5H,7H2. The van der Waals surface area contributed by atoms with Crippen molar-refractivity contribution in [2.45, 2.75) is 6.42 Å². The van der Waals surface area contributed by atoms with E-state index in [0.717, 1.165) is 17.8 Å². The maximum atomic E-state index is 5.36. The van der Waals surface area contributed by atoms with Gasteiger partial charge in [0, 0.05) is 11.4 Å². The highest BCUT2D eigenvalue weighted by molar-refractivity contribution is 5.76. The van der Waals surface area contributed by atoms with Gasteiger partial charge in [-0.25, -0.2) is 0 Å². The third-order valence-electron chi connectivity index (χ3n) is 4.30. The smallest absolute Gasteiger partial charge is 0.0313 e. The first-order valence-electron chi connectivity index (χ1n) is 9.01. The Labute approximate surface area is 161 Å². The maximum Gasteiger partial charge on any atom is 0.0313 e. The zero-order valence-electron chi connectivity index (χ0n) is 15.3. The second kappa shape index (κ2) is 9.25. The summed E-state index contributed by atoms with van der Waals surface area (Å²) >= 11 is 0. The summed E-state index contributed by atoms with van der Waals surface area (Å²) in [6, 6.07) is 36.3. The molecule has 0 radical (unpaired) electrons. The lowest BCUT2D eigenvalue weighted by molar-refractivity contribution is 1.26.